The van der Waals surface area contributed by atoms with E-state index in [1.807, 2.05) is 0 Å². The fourth-order valence-corrected chi connectivity index (χ4v) is 5.09. The molecule has 1 amide bonds. The van der Waals surface area contributed by atoms with Gasteiger partial charge in [0.25, 0.3) is 0 Å². The van der Waals surface area contributed by atoms with E-state index in [4.69, 9.17) is 4.74 Å². The zero-order valence-corrected chi connectivity index (χ0v) is 16.8. The number of hydrogen-bond donors (Lipinski definition) is 0. The summed E-state index contributed by atoms with van der Waals surface area (Å²) < 4.78 is 5.86. The molecule has 1 atom stereocenters. The summed E-state index contributed by atoms with van der Waals surface area (Å²) in [5.74, 6) is 0.223. The number of carbonyl (C=O) groups is 1. The Morgan fingerprint density at radius 3 is 2.50 bits per heavy atom. The number of hydrogen-bond acceptors (Lipinski definition) is 2. The van der Waals surface area contributed by atoms with Crippen LogP contribution in [0.15, 0.2) is 30.3 Å². The Bertz CT molecular complexity index is 589. The molecule has 1 aromatic rings. The van der Waals surface area contributed by atoms with E-state index in [0.29, 0.717) is 11.5 Å². The molecule has 1 aliphatic carbocycles. The Balaban J connectivity index is 1.67. The number of nitrogens with zero attached hydrogens (tertiary/aromatic N) is 1. The van der Waals surface area contributed by atoms with Crippen LogP contribution in [0.5, 0.6) is 0 Å². The van der Waals surface area contributed by atoms with Crippen molar-refractivity contribution in [3.05, 3.63) is 35.9 Å². The van der Waals surface area contributed by atoms with Gasteiger partial charge in [-0.2, -0.15) is 0 Å². The van der Waals surface area contributed by atoms with Gasteiger partial charge in [-0.25, -0.2) is 0 Å². The molecule has 1 saturated heterocycles. The number of amides is 1. The third-order valence-corrected chi connectivity index (χ3v) is 6.49. The van der Waals surface area contributed by atoms with Gasteiger partial charge in [-0.15, -0.1) is 0 Å². The molecule has 0 aromatic heterocycles. The fraction of sp³-hybridized carbons (Fsp3) is 0.696. The highest BCUT2D eigenvalue weighted by molar-refractivity contribution is 5.73. The molecule has 3 heteroatoms. The van der Waals surface area contributed by atoms with Gasteiger partial charge in [0.1, 0.15) is 0 Å². The summed E-state index contributed by atoms with van der Waals surface area (Å²) in [6.45, 7) is 7.68. The first kappa shape index (κ1) is 19.4. The molecule has 1 unspecified atom stereocenters. The van der Waals surface area contributed by atoms with Gasteiger partial charge in [0.05, 0.1) is 5.60 Å². The van der Waals surface area contributed by atoms with Gasteiger partial charge in [0.2, 0.25) is 5.91 Å². The van der Waals surface area contributed by atoms with E-state index < -0.39 is 0 Å². The highest BCUT2D eigenvalue weighted by Gasteiger charge is 2.37. The van der Waals surface area contributed by atoms with E-state index >= 15 is 0 Å². The molecular formula is C23H35NO2. The Morgan fingerprint density at radius 1 is 1.19 bits per heavy atom. The highest BCUT2D eigenvalue weighted by Crippen LogP contribution is 2.44. The molecular weight excluding hydrogens is 322 g/mol. The first-order valence-electron chi connectivity index (χ1n) is 10.3. The first-order valence-corrected chi connectivity index (χ1v) is 10.3. The zero-order valence-electron chi connectivity index (χ0n) is 16.8. The number of benzene rings is 1. The van der Waals surface area contributed by atoms with Gasteiger partial charge in [0, 0.05) is 26.1 Å². The van der Waals surface area contributed by atoms with Crippen molar-refractivity contribution in [2.24, 2.45) is 5.41 Å². The second-order valence-corrected chi connectivity index (χ2v) is 9.09. The summed E-state index contributed by atoms with van der Waals surface area (Å²) in [4.78, 5) is 14.6. The van der Waals surface area contributed by atoms with Crippen LogP contribution in [0.3, 0.4) is 0 Å². The lowest BCUT2D eigenvalue weighted by Gasteiger charge is -2.42. The van der Waals surface area contributed by atoms with Crippen molar-refractivity contribution in [1.82, 2.24) is 4.90 Å². The molecule has 2 fully saturated rings. The van der Waals surface area contributed by atoms with Crippen LogP contribution in [0, 0.1) is 5.41 Å². The van der Waals surface area contributed by atoms with Crippen LogP contribution in [-0.4, -0.2) is 35.6 Å². The standard InChI is InChI=1S/C23H35NO2/c1-19(25)24(21-11-16-26-22(2,3)18-21)15-14-23(12-7-8-13-23)17-20-9-5-4-6-10-20/h4-6,9-10,21H,7-8,11-18H2,1-3H3. The lowest BCUT2D eigenvalue weighted by atomic mass is 9.77. The summed E-state index contributed by atoms with van der Waals surface area (Å²) in [5, 5.41) is 0. The number of rotatable bonds is 6. The van der Waals surface area contributed by atoms with Crippen molar-refractivity contribution in [1.29, 1.82) is 0 Å². The van der Waals surface area contributed by atoms with Gasteiger partial charge in [-0.3, -0.25) is 4.79 Å². The maximum absolute atomic E-state index is 12.4. The number of carbonyl (C=O) groups excluding carboxylic acids is 1. The quantitative estimate of drug-likeness (QED) is 0.718. The lowest BCUT2D eigenvalue weighted by Crippen LogP contribution is -2.48. The van der Waals surface area contributed by atoms with E-state index in [1.54, 1.807) is 6.92 Å². The van der Waals surface area contributed by atoms with Gasteiger partial charge in [0.15, 0.2) is 0 Å². The van der Waals surface area contributed by atoms with Crippen LogP contribution >= 0.6 is 0 Å². The third kappa shape index (κ3) is 4.88. The van der Waals surface area contributed by atoms with Crippen LogP contribution in [0.1, 0.15) is 71.3 Å². The van der Waals surface area contributed by atoms with E-state index in [2.05, 4.69) is 49.1 Å². The Labute approximate surface area is 159 Å². The lowest BCUT2D eigenvalue weighted by molar-refractivity contribution is -0.138. The van der Waals surface area contributed by atoms with Gasteiger partial charge in [-0.05, 0) is 63.4 Å². The van der Waals surface area contributed by atoms with Crippen LogP contribution in [0.2, 0.25) is 0 Å². The van der Waals surface area contributed by atoms with Gasteiger partial charge in [-0.1, -0.05) is 43.2 Å². The van der Waals surface area contributed by atoms with Crippen molar-refractivity contribution >= 4 is 5.91 Å². The monoisotopic (exact) mass is 357 g/mol. The number of ether oxygens (including phenoxy) is 1. The minimum atomic E-state index is -0.119. The van der Waals surface area contributed by atoms with E-state index in [9.17, 15) is 4.79 Å². The highest BCUT2D eigenvalue weighted by atomic mass is 16.5. The van der Waals surface area contributed by atoms with E-state index in [0.717, 1.165) is 38.8 Å². The molecule has 3 nitrogen and oxygen atoms in total. The van der Waals surface area contributed by atoms with Crippen molar-refractivity contribution in [3.63, 3.8) is 0 Å². The molecule has 3 rings (SSSR count). The maximum Gasteiger partial charge on any atom is 0.219 e. The Morgan fingerprint density at radius 2 is 1.88 bits per heavy atom. The van der Waals surface area contributed by atoms with Gasteiger partial charge >= 0.3 is 0 Å². The minimum Gasteiger partial charge on any atom is -0.375 e. The molecule has 2 aliphatic rings. The van der Waals surface area contributed by atoms with Crippen molar-refractivity contribution in [2.45, 2.75) is 83.8 Å². The molecule has 0 radical (unpaired) electrons. The molecule has 0 spiro atoms. The molecule has 26 heavy (non-hydrogen) atoms. The van der Waals surface area contributed by atoms with Crippen LogP contribution in [0.4, 0.5) is 0 Å². The molecule has 1 aromatic carbocycles. The summed E-state index contributed by atoms with van der Waals surface area (Å²) in [5.41, 5.74) is 1.69. The van der Waals surface area contributed by atoms with E-state index in [1.165, 1.54) is 31.2 Å². The second-order valence-electron chi connectivity index (χ2n) is 9.09. The normalized spacial score (nSPS) is 24.3. The van der Waals surface area contributed by atoms with Crippen molar-refractivity contribution < 1.29 is 9.53 Å². The average molecular weight is 358 g/mol. The molecule has 1 heterocycles. The second kappa shape index (κ2) is 8.12. The van der Waals surface area contributed by atoms with Gasteiger partial charge < -0.3 is 9.64 Å². The molecule has 144 valence electrons. The molecule has 1 saturated carbocycles. The van der Waals surface area contributed by atoms with E-state index in [-0.39, 0.29) is 11.5 Å². The molecule has 0 bridgehead atoms. The summed E-state index contributed by atoms with van der Waals surface area (Å²) in [6.07, 6.45) is 9.44. The molecule has 1 aliphatic heterocycles. The summed E-state index contributed by atoms with van der Waals surface area (Å²) in [7, 11) is 0. The van der Waals surface area contributed by atoms with Crippen LogP contribution in [0.25, 0.3) is 0 Å². The Hall–Kier alpha value is -1.35. The summed E-state index contributed by atoms with van der Waals surface area (Å²) in [6, 6.07) is 11.2. The smallest absolute Gasteiger partial charge is 0.219 e. The zero-order chi connectivity index (χ0) is 18.6. The van der Waals surface area contributed by atoms with Crippen molar-refractivity contribution in [3.8, 4) is 0 Å². The first-order chi connectivity index (χ1) is 12.4. The summed E-state index contributed by atoms with van der Waals surface area (Å²) >= 11 is 0. The molecule has 0 N–H and O–H groups in total. The fourth-order valence-electron chi connectivity index (χ4n) is 5.09. The maximum atomic E-state index is 12.4. The largest absolute Gasteiger partial charge is 0.375 e. The SMILES string of the molecule is CC(=O)N(CCC1(Cc2ccccc2)CCCC1)C1CCOC(C)(C)C1. The minimum absolute atomic E-state index is 0.119. The topological polar surface area (TPSA) is 29.5 Å². The van der Waals surface area contributed by atoms with Crippen molar-refractivity contribution in [2.75, 3.05) is 13.2 Å². The van der Waals surface area contributed by atoms with Crippen LogP contribution < -0.4 is 0 Å². The average Bonchev–Trinajstić information content (AvgIpc) is 3.03. The van der Waals surface area contributed by atoms with Crippen LogP contribution in [-0.2, 0) is 16.0 Å². The predicted octanol–water partition coefficient (Wildman–Crippen LogP) is 4.99. The Kier molecular flexibility index (Phi) is 6.06. The predicted molar refractivity (Wildman–Crippen MR) is 106 cm³/mol. The third-order valence-electron chi connectivity index (χ3n) is 6.49.